The van der Waals surface area contributed by atoms with Crippen molar-refractivity contribution in [2.75, 3.05) is 26.7 Å². The van der Waals surface area contributed by atoms with Crippen LogP contribution in [-0.2, 0) is 6.54 Å². The van der Waals surface area contributed by atoms with Gasteiger partial charge in [-0.25, -0.2) is 9.48 Å². The summed E-state index contributed by atoms with van der Waals surface area (Å²) in [5, 5.41) is 13.5. The van der Waals surface area contributed by atoms with Crippen LogP contribution in [0.2, 0.25) is 0 Å². The van der Waals surface area contributed by atoms with Crippen molar-refractivity contribution in [3.8, 4) is 5.75 Å². The van der Waals surface area contributed by atoms with E-state index in [-0.39, 0.29) is 23.7 Å². The molecule has 1 saturated heterocycles. The standard InChI is InChI=1S/C17H22N6O3/c1-3-18-17(25)22-9-13(10-22)23-11-14(20-21-23)16(24)19-8-12-6-4-5-7-15(12)26-2/h4-7,11,13H,3,8-10H2,1-2H3,(H,18,25)(H,19,24). The molecule has 1 fully saturated rings. The van der Waals surface area contributed by atoms with Crippen LogP contribution in [0, 0.1) is 0 Å². The van der Waals surface area contributed by atoms with Gasteiger partial charge in [0.1, 0.15) is 5.75 Å². The molecule has 0 radical (unpaired) electrons. The van der Waals surface area contributed by atoms with Gasteiger partial charge in [0.2, 0.25) is 0 Å². The number of nitrogens with one attached hydrogen (secondary N) is 2. The molecular weight excluding hydrogens is 336 g/mol. The van der Waals surface area contributed by atoms with Crippen LogP contribution in [0.4, 0.5) is 4.79 Å². The molecule has 1 aromatic heterocycles. The Kier molecular flexibility index (Phi) is 5.35. The number of carbonyl (C=O) groups is 2. The maximum absolute atomic E-state index is 12.3. The predicted molar refractivity (Wildman–Crippen MR) is 93.9 cm³/mol. The van der Waals surface area contributed by atoms with Crippen LogP contribution in [0.5, 0.6) is 5.75 Å². The van der Waals surface area contributed by atoms with Crippen molar-refractivity contribution in [3.63, 3.8) is 0 Å². The van der Waals surface area contributed by atoms with Gasteiger partial charge in [-0.15, -0.1) is 5.10 Å². The number of hydrogen-bond acceptors (Lipinski definition) is 5. The molecule has 0 atom stereocenters. The van der Waals surface area contributed by atoms with Crippen molar-refractivity contribution in [2.24, 2.45) is 0 Å². The number of urea groups is 1. The Morgan fingerprint density at radius 2 is 2.04 bits per heavy atom. The normalized spacial score (nSPS) is 13.8. The maximum Gasteiger partial charge on any atom is 0.317 e. The molecule has 0 bridgehead atoms. The van der Waals surface area contributed by atoms with Crippen LogP contribution in [-0.4, -0.2) is 58.6 Å². The number of methoxy groups -OCH3 is 1. The van der Waals surface area contributed by atoms with Crippen molar-refractivity contribution >= 4 is 11.9 Å². The molecule has 2 aromatic rings. The zero-order chi connectivity index (χ0) is 18.5. The molecule has 0 saturated carbocycles. The first-order valence-corrected chi connectivity index (χ1v) is 8.47. The fourth-order valence-electron chi connectivity index (χ4n) is 2.73. The minimum absolute atomic E-state index is 0.0425. The molecule has 0 unspecified atom stereocenters. The summed E-state index contributed by atoms with van der Waals surface area (Å²) >= 11 is 0. The van der Waals surface area contributed by atoms with Crippen molar-refractivity contribution < 1.29 is 14.3 Å². The van der Waals surface area contributed by atoms with E-state index in [1.165, 1.54) is 0 Å². The van der Waals surface area contributed by atoms with Gasteiger partial charge in [0.15, 0.2) is 5.69 Å². The third kappa shape index (κ3) is 3.76. The van der Waals surface area contributed by atoms with Crippen LogP contribution in [0.1, 0.15) is 29.0 Å². The minimum atomic E-state index is -0.304. The van der Waals surface area contributed by atoms with E-state index in [0.717, 1.165) is 11.3 Å². The summed E-state index contributed by atoms with van der Waals surface area (Å²) in [6.45, 7) is 3.92. The smallest absolute Gasteiger partial charge is 0.317 e. The Balaban J connectivity index is 1.53. The zero-order valence-electron chi connectivity index (χ0n) is 14.8. The topological polar surface area (TPSA) is 101 Å². The lowest BCUT2D eigenvalue weighted by molar-refractivity contribution is 0.0945. The molecule has 1 aliphatic rings. The van der Waals surface area contributed by atoms with Gasteiger partial charge in [-0.1, -0.05) is 23.4 Å². The van der Waals surface area contributed by atoms with E-state index in [1.54, 1.807) is 22.9 Å². The first kappa shape index (κ1) is 17.7. The average molecular weight is 358 g/mol. The molecule has 3 rings (SSSR count). The number of amides is 3. The Labute approximate surface area is 151 Å². The first-order chi connectivity index (χ1) is 12.6. The number of rotatable bonds is 6. The number of aromatic nitrogens is 3. The third-order valence-electron chi connectivity index (χ3n) is 4.23. The van der Waals surface area contributed by atoms with Crippen LogP contribution in [0.15, 0.2) is 30.5 Å². The number of hydrogen-bond donors (Lipinski definition) is 2. The largest absolute Gasteiger partial charge is 0.496 e. The number of likely N-dealkylation sites (tertiary alicyclic amines) is 1. The maximum atomic E-state index is 12.3. The molecule has 26 heavy (non-hydrogen) atoms. The third-order valence-corrected chi connectivity index (χ3v) is 4.23. The van der Waals surface area contributed by atoms with Crippen LogP contribution >= 0.6 is 0 Å². The fourth-order valence-corrected chi connectivity index (χ4v) is 2.73. The number of benzene rings is 1. The number of ether oxygens (including phenoxy) is 1. The monoisotopic (exact) mass is 358 g/mol. The summed E-state index contributed by atoms with van der Waals surface area (Å²) < 4.78 is 6.90. The van der Waals surface area contributed by atoms with Crippen molar-refractivity contribution in [1.29, 1.82) is 0 Å². The first-order valence-electron chi connectivity index (χ1n) is 8.47. The second-order valence-corrected chi connectivity index (χ2v) is 5.97. The van der Waals surface area contributed by atoms with Crippen molar-refractivity contribution in [2.45, 2.75) is 19.5 Å². The summed E-state index contributed by atoms with van der Waals surface area (Å²) in [5.74, 6) is 0.415. The zero-order valence-corrected chi connectivity index (χ0v) is 14.8. The summed E-state index contributed by atoms with van der Waals surface area (Å²) in [6, 6.07) is 7.45. The number of para-hydroxylation sites is 1. The predicted octanol–water partition coefficient (Wildman–Crippen LogP) is 0.803. The average Bonchev–Trinajstić information content (AvgIpc) is 3.08. The second-order valence-electron chi connectivity index (χ2n) is 5.97. The Morgan fingerprint density at radius 3 is 2.77 bits per heavy atom. The van der Waals surface area contributed by atoms with Crippen molar-refractivity contribution in [1.82, 2.24) is 30.5 Å². The van der Waals surface area contributed by atoms with Gasteiger partial charge in [-0.05, 0) is 13.0 Å². The van der Waals surface area contributed by atoms with Gasteiger partial charge in [0, 0.05) is 31.7 Å². The fraction of sp³-hybridized carbons (Fsp3) is 0.412. The molecule has 0 spiro atoms. The van der Waals surface area contributed by atoms with E-state index >= 15 is 0 Å². The van der Waals surface area contributed by atoms with Crippen molar-refractivity contribution in [3.05, 3.63) is 41.7 Å². The lowest BCUT2D eigenvalue weighted by Gasteiger charge is -2.38. The molecule has 0 aliphatic carbocycles. The highest BCUT2D eigenvalue weighted by Crippen LogP contribution is 2.20. The number of nitrogens with zero attached hydrogens (tertiary/aromatic N) is 4. The van der Waals surface area contributed by atoms with E-state index in [4.69, 9.17) is 4.74 Å². The van der Waals surface area contributed by atoms with Gasteiger partial charge in [0.25, 0.3) is 5.91 Å². The highest BCUT2D eigenvalue weighted by Gasteiger charge is 2.32. The molecule has 9 nitrogen and oxygen atoms in total. The summed E-state index contributed by atoms with van der Waals surface area (Å²) in [6.07, 6.45) is 1.61. The highest BCUT2D eigenvalue weighted by molar-refractivity contribution is 5.91. The van der Waals surface area contributed by atoms with E-state index in [2.05, 4.69) is 20.9 Å². The van der Waals surface area contributed by atoms with E-state index in [1.807, 2.05) is 31.2 Å². The molecule has 9 heteroatoms. The Hall–Kier alpha value is -3.10. The van der Waals surface area contributed by atoms with Gasteiger partial charge < -0.3 is 20.3 Å². The summed E-state index contributed by atoms with van der Waals surface area (Å²) in [7, 11) is 1.59. The van der Waals surface area contributed by atoms with Gasteiger partial charge in [0.05, 0.1) is 19.3 Å². The Morgan fingerprint density at radius 1 is 1.27 bits per heavy atom. The van der Waals surface area contributed by atoms with E-state index in [0.29, 0.717) is 26.2 Å². The molecule has 2 N–H and O–H groups in total. The molecule has 138 valence electrons. The lowest BCUT2D eigenvalue weighted by Crippen LogP contribution is -2.54. The van der Waals surface area contributed by atoms with E-state index in [9.17, 15) is 9.59 Å². The summed E-state index contributed by atoms with van der Waals surface area (Å²) in [4.78, 5) is 25.7. The van der Waals surface area contributed by atoms with Crippen LogP contribution in [0.25, 0.3) is 0 Å². The van der Waals surface area contributed by atoms with Crippen LogP contribution < -0.4 is 15.4 Å². The molecule has 1 aliphatic heterocycles. The molecule has 1 aromatic carbocycles. The quantitative estimate of drug-likeness (QED) is 0.795. The Bertz CT molecular complexity index is 784. The highest BCUT2D eigenvalue weighted by atomic mass is 16.5. The van der Waals surface area contributed by atoms with Gasteiger partial charge in [-0.3, -0.25) is 4.79 Å². The molecule has 3 amide bonds. The van der Waals surface area contributed by atoms with E-state index < -0.39 is 0 Å². The summed E-state index contributed by atoms with van der Waals surface area (Å²) in [5.41, 5.74) is 1.13. The SMILES string of the molecule is CCNC(=O)N1CC(n2cc(C(=O)NCc3ccccc3OC)nn2)C1. The second kappa shape index (κ2) is 7.85. The number of carbonyl (C=O) groups excluding carboxylic acids is 2. The molecular formula is C17H22N6O3. The van der Waals surface area contributed by atoms with Gasteiger partial charge in [-0.2, -0.15) is 0 Å². The van der Waals surface area contributed by atoms with Crippen LogP contribution in [0.3, 0.4) is 0 Å². The minimum Gasteiger partial charge on any atom is -0.496 e. The molecule has 2 heterocycles. The lowest BCUT2D eigenvalue weighted by atomic mass is 10.1. The van der Waals surface area contributed by atoms with Gasteiger partial charge >= 0.3 is 6.03 Å².